The zero-order chi connectivity index (χ0) is 13.8. The lowest BCUT2D eigenvalue weighted by atomic mass is 10.4. The molecule has 0 aromatic carbocycles. The van der Waals surface area contributed by atoms with E-state index in [0.29, 0.717) is 0 Å². The highest BCUT2D eigenvalue weighted by atomic mass is 79.9. The first kappa shape index (κ1) is 14.4. The van der Waals surface area contributed by atoms with Gasteiger partial charge in [0.2, 0.25) is 0 Å². The predicted molar refractivity (Wildman–Crippen MR) is 81.1 cm³/mol. The van der Waals surface area contributed by atoms with Crippen molar-refractivity contribution in [3.05, 3.63) is 22.6 Å². The quantitative estimate of drug-likeness (QED) is 0.879. The third kappa shape index (κ3) is 3.52. The van der Waals surface area contributed by atoms with Crippen molar-refractivity contribution in [2.75, 3.05) is 26.7 Å². The van der Waals surface area contributed by atoms with Gasteiger partial charge >= 0.3 is 0 Å². The number of pyridine rings is 1. The molecule has 0 saturated carbocycles. The molecular formula is C13H20BrN5. The fourth-order valence-electron chi connectivity index (χ4n) is 2.12. The molecule has 19 heavy (non-hydrogen) atoms. The van der Waals surface area contributed by atoms with Crippen LogP contribution < -0.4 is 5.73 Å². The van der Waals surface area contributed by atoms with Crippen LogP contribution in [-0.2, 0) is 6.54 Å². The van der Waals surface area contributed by atoms with Gasteiger partial charge in [0.1, 0.15) is 5.82 Å². The molecule has 0 aliphatic rings. The van der Waals surface area contributed by atoms with Gasteiger partial charge in [0.25, 0.3) is 0 Å². The van der Waals surface area contributed by atoms with Crippen LogP contribution >= 0.6 is 15.9 Å². The van der Waals surface area contributed by atoms with Crippen LogP contribution in [0.4, 0.5) is 0 Å². The fraction of sp³-hybridized carbons (Fsp3) is 0.538. The molecule has 0 radical (unpaired) electrons. The zero-order valence-corrected chi connectivity index (χ0v) is 13.0. The van der Waals surface area contributed by atoms with E-state index in [2.05, 4.69) is 48.5 Å². The second kappa shape index (κ2) is 6.45. The minimum atomic E-state index is 0.744. The highest BCUT2D eigenvalue weighted by Crippen LogP contribution is 2.18. The van der Waals surface area contributed by atoms with Gasteiger partial charge < -0.3 is 15.2 Å². The summed E-state index contributed by atoms with van der Waals surface area (Å²) < 4.78 is 3.20. The standard InChI is InChI=1S/C13H20BrN5/c1-10-17-13-12(8-11(14)9-16-13)19(10)7-6-18(2)5-3-4-15/h8-9H,3-7,15H2,1-2H3. The highest BCUT2D eigenvalue weighted by molar-refractivity contribution is 9.10. The third-order valence-corrected chi connectivity index (χ3v) is 3.65. The van der Waals surface area contributed by atoms with E-state index in [1.54, 1.807) is 6.20 Å². The van der Waals surface area contributed by atoms with Crippen molar-refractivity contribution in [1.82, 2.24) is 19.4 Å². The van der Waals surface area contributed by atoms with Gasteiger partial charge in [-0.25, -0.2) is 9.97 Å². The summed E-state index contributed by atoms with van der Waals surface area (Å²) in [5, 5.41) is 0. The topological polar surface area (TPSA) is 60.0 Å². The minimum absolute atomic E-state index is 0.744. The average Bonchev–Trinajstić information content (AvgIpc) is 2.69. The average molecular weight is 326 g/mol. The van der Waals surface area contributed by atoms with E-state index in [1.165, 1.54) is 0 Å². The maximum Gasteiger partial charge on any atom is 0.177 e. The van der Waals surface area contributed by atoms with Gasteiger partial charge in [0.15, 0.2) is 5.65 Å². The van der Waals surface area contributed by atoms with E-state index in [4.69, 9.17) is 5.73 Å². The minimum Gasteiger partial charge on any atom is -0.330 e. The highest BCUT2D eigenvalue weighted by Gasteiger charge is 2.09. The first-order valence-electron chi connectivity index (χ1n) is 6.49. The SMILES string of the molecule is Cc1nc2ncc(Br)cc2n1CCN(C)CCCN. The van der Waals surface area contributed by atoms with Gasteiger partial charge in [-0.15, -0.1) is 0 Å². The normalized spacial score (nSPS) is 11.6. The number of hydrogen-bond donors (Lipinski definition) is 1. The van der Waals surface area contributed by atoms with Crippen molar-refractivity contribution in [3.8, 4) is 0 Å². The molecular weight excluding hydrogens is 306 g/mol. The Morgan fingerprint density at radius 2 is 2.21 bits per heavy atom. The molecule has 0 aliphatic carbocycles. The summed E-state index contributed by atoms with van der Waals surface area (Å²) >= 11 is 3.46. The largest absolute Gasteiger partial charge is 0.330 e. The van der Waals surface area contributed by atoms with Crippen molar-refractivity contribution >= 4 is 27.1 Å². The number of fused-ring (bicyclic) bond motifs is 1. The monoisotopic (exact) mass is 325 g/mol. The summed E-state index contributed by atoms with van der Waals surface area (Å²) in [7, 11) is 2.12. The molecule has 0 spiro atoms. The number of imidazole rings is 1. The molecule has 2 heterocycles. The molecule has 2 aromatic heterocycles. The van der Waals surface area contributed by atoms with Gasteiger partial charge in [0.05, 0.1) is 5.52 Å². The first-order chi connectivity index (χ1) is 9.11. The summed E-state index contributed by atoms with van der Waals surface area (Å²) in [6.07, 6.45) is 2.82. The molecule has 0 amide bonds. The Hall–Kier alpha value is -0.980. The van der Waals surface area contributed by atoms with Crippen molar-refractivity contribution in [2.24, 2.45) is 5.73 Å². The molecule has 5 nitrogen and oxygen atoms in total. The predicted octanol–water partition coefficient (Wildman–Crippen LogP) is 1.78. The Morgan fingerprint density at radius 1 is 1.42 bits per heavy atom. The Morgan fingerprint density at radius 3 is 2.95 bits per heavy atom. The van der Waals surface area contributed by atoms with E-state index in [-0.39, 0.29) is 0 Å². The lowest BCUT2D eigenvalue weighted by molar-refractivity contribution is 0.317. The molecule has 2 rings (SSSR count). The lowest BCUT2D eigenvalue weighted by Gasteiger charge is -2.17. The van der Waals surface area contributed by atoms with E-state index in [0.717, 1.165) is 54.1 Å². The van der Waals surface area contributed by atoms with Gasteiger partial charge in [-0.05, 0) is 55.5 Å². The van der Waals surface area contributed by atoms with E-state index in [1.807, 2.05) is 6.92 Å². The molecule has 0 bridgehead atoms. The number of nitrogens with zero attached hydrogens (tertiary/aromatic N) is 4. The van der Waals surface area contributed by atoms with Crippen LogP contribution in [0, 0.1) is 6.92 Å². The lowest BCUT2D eigenvalue weighted by Crippen LogP contribution is -2.26. The van der Waals surface area contributed by atoms with Crippen LogP contribution in [0.25, 0.3) is 11.2 Å². The third-order valence-electron chi connectivity index (χ3n) is 3.21. The second-order valence-electron chi connectivity index (χ2n) is 4.75. The van der Waals surface area contributed by atoms with Crippen LogP contribution in [0.2, 0.25) is 0 Å². The summed E-state index contributed by atoms with van der Waals surface area (Å²) in [5.41, 5.74) is 7.42. The van der Waals surface area contributed by atoms with Crippen LogP contribution in [-0.4, -0.2) is 46.1 Å². The molecule has 0 saturated heterocycles. The van der Waals surface area contributed by atoms with Gasteiger partial charge in [0, 0.05) is 23.8 Å². The van der Waals surface area contributed by atoms with Gasteiger partial charge in [-0.1, -0.05) is 0 Å². The summed E-state index contributed by atoms with van der Waals surface area (Å²) in [6, 6.07) is 2.07. The molecule has 6 heteroatoms. The molecule has 0 atom stereocenters. The number of hydrogen-bond acceptors (Lipinski definition) is 4. The van der Waals surface area contributed by atoms with Crippen molar-refractivity contribution < 1.29 is 0 Å². The van der Waals surface area contributed by atoms with Crippen LogP contribution in [0.5, 0.6) is 0 Å². The molecule has 104 valence electrons. The molecule has 2 aromatic rings. The number of rotatable bonds is 6. The van der Waals surface area contributed by atoms with Gasteiger partial charge in [-0.3, -0.25) is 0 Å². The fourth-order valence-corrected chi connectivity index (χ4v) is 2.44. The molecule has 2 N–H and O–H groups in total. The maximum absolute atomic E-state index is 5.53. The number of aryl methyl sites for hydroxylation is 1. The Labute approximate surface area is 121 Å². The smallest absolute Gasteiger partial charge is 0.177 e. The van der Waals surface area contributed by atoms with Gasteiger partial charge in [-0.2, -0.15) is 0 Å². The maximum atomic E-state index is 5.53. The van der Waals surface area contributed by atoms with Crippen LogP contribution in [0.15, 0.2) is 16.7 Å². The van der Waals surface area contributed by atoms with E-state index < -0.39 is 0 Å². The number of aromatic nitrogens is 3. The van der Waals surface area contributed by atoms with Crippen LogP contribution in [0.1, 0.15) is 12.2 Å². The second-order valence-corrected chi connectivity index (χ2v) is 5.67. The Bertz CT molecular complexity index is 551. The molecule has 0 unspecified atom stereocenters. The number of nitrogens with two attached hydrogens (primary N) is 1. The molecule has 0 aliphatic heterocycles. The number of halogens is 1. The summed E-state index contributed by atoms with van der Waals surface area (Å²) in [6.45, 7) is 5.70. The number of likely N-dealkylation sites (N-methyl/N-ethyl adjacent to an activating group) is 1. The zero-order valence-electron chi connectivity index (χ0n) is 11.4. The Kier molecular flexibility index (Phi) is 4.90. The van der Waals surface area contributed by atoms with Crippen LogP contribution in [0.3, 0.4) is 0 Å². The van der Waals surface area contributed by atoms with E-state index in [9.17, 15) is 0 Å². The van der Waals surface area contributed by atoms with Crippen molar-refractivity contribution in [2.45, 2.75) is 19.9 Å². The van der Waals surface area contributed by atoms with E-state index >= 15 is 0 Å². The van der Waals surface area contributed by atoms with Crippen molar-refractivity contribution in [3.63, 3.8) is 0 Å². The first-order valence-corrected chi connectivity index (χ1v) is 7.28. The summed E-state index contributed by atoms with van der Waals surface area (Å²) in [4.78, 5) is 11.1. The van der Waals surface area contributed by atoms with Crippen molar-refractivity contribution in [1.29, 1.82) is 0 Å². The summed E-state index contributed by atoms with van der Waals surface area (Å²) in [5.74, 6) is 1.01. The Balaban J connectivity index is 2.11. The molecule has 0 fully saturated rings.